The van der Waals surface area contributed by atoms with E-state index in [0.29, 0.717) is 19.6 Å². The van der Waals surface area contributed by atoms with E-state index >= 15 is 0 Å². The molecule has 3 N–H and O–H groups in total. The Hall–Kier alpha value is -0.790. The Bertz CT molecular complexity index is 296. The molecule has 1 fully saturated rings. The van der Waals surface area contributed by atoms with Crippen molar-refractivity contribution in [2.75, 3.05) is 38.3 Å². The largest absolute Gasteiger partial charge is 0.383 e. The molecule has 0 saturated carbocycles. The highest BCUT2D eigenvalue weighted by atomic mass is 32.2. The molecule has 6 nitrogen and oxygen atoms in total. The molecule has 0 aromatic heterocycles. The lowest BCUT2D eigenvalue weighted by atomic mass is 10.2. The maximum Gasteiger partial charge on any atom is 0.242 e. The number of hydrogen-bond donors (Lipinski definition) is 3. The molecule has 0 spiro atoms. The van der Waals surface area contributed by atoms with E-state index in [-0.39, 0.29) is 17.9 Å². The summed E-state index contributed by atoms with van der Waals surface area (Å²) in [7, 11) is 1.58. The van der Waals surface area contributed by atoms with Crippen molar-refractivity contribution in [1.82, 2.24) is 16.0 Å². The zero-order chi connectivity index (χ0) is 14.1. The standard InChI is InChI=1S/C12H23N3O3S/c1-9(12(17)14-3-5-18-2)15-11(16)7-10-8-19-6-4-13-10/h9-10,13H,3-8H2,1-2H3,(H,14,17)(H,15,16). The molecule has 0 bridgehead atoms. The van der Waals surface area contributed by atoms with E-state index in [0.717, 1.165) is 18.1 Å². The van der Waals surface area contributed by atoms with E-state index in [4.69, 9.17) is 4.74 Å². The normalized spacial score (nSPS) is 20.6. The van der Waals surface area contributed by atoms with Gasteiger partial charge in [0.1, 0.15) is 6.04 Å². The number of nitrogens with one attached hydrogen (secondary N) is 3. The molecule has 7 heteroatoms. The van der Waals surface area contributed by atoms with Gasteiger partial charge in [-0.05, 0) is 6.92 Å². The number of ether oxygens (including phenoxy) is 1. The van der Waals surface area contributed by atoms with Crippen molar-refractivity contribution in [2.45, 2.75) is 25.4 Å². The fraction of sp³-hybridized carbons (Fsp3) is 0.833. The van der Waals surface area contributed by atoms with Crippen molar-refractivity contribution >= 4 is 23.6 Å². The van der Waals surface area contributed by atoms with Crippen LogP contribution in [0.5, 0.6) is 0 Å². The number of methoxy groups -OCH3 is 1. The number of thioether (sulfide) groups is 1. The first-order valence-corrected chi connectivity index (χ1v) is 7.66. The monoisotopic (exact) mass is 289 g/mol. The summed E-state index contributed by atoms with van der Waals surface area (Å²) in [5.74, 6) is 1.77. The molecule has 1 heterocycles. The van der Waals surface area contributed by atoms with E-state index in [9.17, 15) is 9.59 Å². The van der Waals surface area contributed by atoms with E-state index in [2.05, 4.69) is 16.0 Å². The van der Waals surface area contributed by atoms with Crippen LogP contribution >= 0.6 is 11.8 Å². The summed E-state index contributed by atoms with van der Waals surface area (Å²) in [6.45, 7) is 3.55. The summed E-state index contributed by atoms with van der Waals surface area (Å²) in [6, 6.07) is -0.303. The minimum absolute atomic E-state index is 0.0885. The van der Waals surface area contributed by atoms with Gasteiger partial charge in [0.2, 0.25) is 11.8 Å². The van der Waals surface area contributed by atoms with Crippen molar-refractivity contribution in [1.29, 1.82) is 0 Å². The van der Waals surface area contributed by atoms with Gasteiger partial charge in [-0.1, -0.05) is 0 Å². The highest BCUT2D eigenvalue weighted by molar-refractivity contribution is 7.99. The van der Waals surface area contributed by atoms with Crippen LogP contribution < -0.4 is 16.0 Å². The van der Waals surface area contributed by atoms with E-state index < -0.39 is 6.04 Å². The number of rotatable bonds is 7. The SMILES string of the molecule is COCCNC(=O)C(C)NC(=O)CC1CSCCN1. The van der Waals surface area contributed by atoms with Gasteiger partial charge < -0.3 is 20.7 Å². The molecule has 1 saturated heterocycles. The Morgan fingerprint density at radius 2 is 2.32 bits per heavy atom. The van der Waals surface area contributed by atoms with Gasteiger partial charge in [0.15, 0.2) is 0 Å². The summed E-state index contributed by atoms with van der Waals surface area (Å²) < 4.78 is 4.84. The average molecular weight is 289 g/mol. The van der Waals surface area contributed by atoms with Gasteiger partial charge in [-0.2, -0.15) is 11.8 Å². The second-order valence-electron chi connectivity index (χ2n) is 4.50. The highest BCUT2D eigenvalue weighted by Crippen LogP contribution is 2.09. The maximum absolute atomic E-state index is 11.8. The molecule has 1 aliphatic rings. The van der Waals surface area contributed by atoms with Gasteiger partial charge in [-0.15, -0.1) is 0 Å². The van der Waals surface area contributed by atoms with E-state index in [1.165, 1.54) is 0 Å². The minimum Gasteiger partial charge on any atom is -0.383 e. The average Bonchev–Trinajstić information content (AvgIpc) is 2.39. The Balaban J connectivity index is 2.20. The first-order valence-electron chi connectivity index (χ1n) is 6.50. The van der Waals surface area contributed by atoms with Gasteiger partial charge in [0, 0.05) is 44.2 Å². The van der Waals surface area contributed by atoms with Crippen LogP contribution in [0.3, 0.4) is 0 Å². The van der Waals surface area contributed by atoms with Crippen LogP contribution in [0.1, 0.15) is 13.3 Å². The Kier molecular flexibility index (Phi) is 7.85. The quantitative estimate of drug-likeness (QED) is 0.543. The van der Waals surface area contributed by atoms with Crippen LogP contribution in [0.2, 0.25) is 0 Å². The maximum atomic E-state index is 11.8. The molecule has 2 atom stereocenters. The summed E-state index contributed by atoms with van der Waals surface area (Å²) >= 11 is 1.85. The van der Waals surface area contributed by atoms with E-state index in [1.54, 1.807) is 14.0 Å². The van der Waals surface area contributed by atoms with Crippen molar-refractivity contribution in [3.8, 4) is 0 Å². The number of carbonyl (C=O) groups is 2. The molecular weight excluding hydrogens is 266 g/mol. The van der Waals surface area contributed by atoms with Crippen LogP contribution in [0.4, 0.5) is 0 Å². The molecule has 2 amide bonds. The predicted molar refractivity (Wildman–Crippen MR) is 76.2 cm³/mol. The van der Waals surface area contributed by atoms with Crippen LogP contribution in [0.15, 0.2) is 0 Å². The zero-order valence-corrected chi connectivity index (χ0v) is 12.3. The molecule has 0 radical (unpaired) electrons. The predicted octanol–water partition coefficient (Wildman–Crippen LogP) is -0.651. The molecule has 19 heavy (non-hydrogen) atoms. The summed E-state index contributed by atoms with van der Waals surface area (Å²) in [5.41, 5.74) is 0. The third-order valence-corrected chi connectivity index (χ3v) is 3.94. The van der Waals surface area contributed by atoms with Crippen molar-refractivity contribution in [2.24, 2.45) is 0 Å². The Morgan fingerprint density at radius 3 is 2.95 bits per heavy atom. The van der Waals surface area contributed by atoms with Crippen LogP contribution in [-0.4, -0.2) is 62.2 Å². The van der Waals surface area contributed by atoms with Gasteiger partial charge in [0.25, 0.3) is 0 Å². The molecule has 1 aliphatic heterocycles. The first kappa shape index (κ1) is 16.3. The van der Waals surface area contributed by atoms with E-state index in [1.807, 2.05) is 11.8 Å². The third-order valence-electron chi connectivity index (χ3n) is 2.81. The van der Waals surface area contributed by atoms with Gasteiger partial charge in [0.05, 0.1) is 6.61 Å². The lowest BCUT2D eigenvalue weighted by Crippen LogP contribution is -2.48. The number of hydrogen-bond acceptors (Lipinski definition) is 5. The first-order chi connectivity index (χ1) is 9.13. The molecule has 0 aromatic rings. The minimum atomic E-state index is -0.513. The van der Waals surface area contributed by atoms with Crippen molar-refractivity contribution in [3.63, 3.8) is 0 Å². The second-order valence-corrected chi connectivity index (χ2v) is 5.65. The van der Waals surface area contributed by atoms with Gasteiger partial charge in [-0.3, -0.25) is 9.59 Å². The third kappa shape index (κ3) is 6.79. The van der Waals surface area contributed by atoms with Crippen LogP contribution in [0, 0.1) is 0 Å². The number of carbonyl (C=O) groups excluding carboxylic acids is 2. The number of amides is 2. The lowest BCUT2D eigenvalue weighted by Gasteiger charge is -2.23. The molecule has 1 rings (SSSR count). The summed E-state index contributed by atoms with van der Waals surface area (Å²) in [5, 5.41) is 8.70. The lowest BCUT2D eigenvalue weighted by molar-refractivity contribution is -0.128. The molecular formula is C12H23N3O3S. The molecule has 2 unspecified atom stereocenters. The molecule has 0 aromatic carbocycles. The van der Waals surface area contributed by atoms with Gasteiger partial charge >= 0.3 is 0 Å². The second kappa shape index (κ2) is 9.17. The fourth-order valence-electron chi connectivity index (χ4n) is 1.77. The van der Waals surface area contributed by atoms with Crippen molar-refractivity contribution < 1.29 is 14.3 Å². The van der Waals surface area contributed by atoms with Crippen LogP contribution in [-0.2, 0) is 14.3 Å². The topological polar surface area (TPSA) is 79.5 Å². The zero-order valence-electron chi connectivity index (χ0n) is 11.5. The molecule has 0 aliphatic carbocycles. The Morgan fingerprint density at radius 1 is 1.53 bits per heavy atom. The highest BCUT2D eigenvalue weighted by Gasteiger charge is 2.20. The van der Waals surface area contributed by atoms with Gasteiger partial charge in [-0.25, -0.2) is 0 Å². The summed E-state index contributed by atoms with van der Waals surface area (Å²) in [6.07, 6.45) is 0.419. The summed E-state index contributed by atoms with van der Waals surface area (Å²) in [4.78, 5) is 23.4. The molecule has 110 valence electrons. The fourth-order valence-corrected chi connectivity index (χ4v) is 2.72. The Labute approximate surface area is 118 Å². The smallest absolute Gasteiger partial charge is 0.242 e. The van der Waals surface area contributed by atoms with Crippen LogP contribution in [0.25, 0.3) is 0 Å². The van der Waals surface area contributed by atoms with Crippen molar-refractivity contribution in [3.05, 3.63) is 0 Å².